The first-order valence-electron chi connectivity index (χ1n) is 12.3. The number of benzene rings is 1. The van der Waals surface area contributed by atoms with Crippen molar-refractivity contribution in [2.75, 3.05) is 119 Å². The molecular formula is C24H40FNO11. The molecule has 0 fully saturated rings. The van der Waals surface area contributed by atoms with E-state index in [-0.39, 0.29) is 12.3 Å². The molecule has 37 heavy (non-hydrogen) atoms. The number of nitrogens with zero attached hydrogens (tertiary/aromatic N) is 1. The Morgan fingerprint density at radius 3 is 1.11 bits per heavy atom. The lowest BCUT2D eigenvalue weighted by Gasteiger charge is -2.09. The number of halogens is 1. The zero-order chi connectivity index (χ0) is 26.7. The number of hydrogen-bond acceptors (Lipinski definition) is 11. The molecule has 0 amide bonds. The van der Waals surface area contributed by atoms with E-state index in [2.05, 4.69) is 0 Å². The number of alkyl halides is 1. The third-order valence-electron chi connectivity index (χ3n) is 4.37. The monoisotopic (exact) mass is 537 g/mol. The van der Waals surface area contributed by atoms with Gasteiger partial charge >= 0.3 is 0 Å². The van der Waals surface area contributed by atoms with Gasteiger partial charge in [0.1, 0.15) is 19.0 Å². The van der Waals surface area contributed by atoms with Crippen LogP contribution in [0.2, 0.25) is 0 Å². The Kier molecular flexibility index (Phi) is 22.9. The van der Waals surface area contributed by atoms with Crippen LogP contribution < -0.4 is 4.74 Å². The van der Waals surface area contributed by atoms with Crippen molar-refractivity contribution in [2.45, 2.75) is 0 Å². The van der Waals surface area contributed by atoms with Gasteiger partial charge in [-0.3, -0.25) is 10.1 Å². The normalized spacial score (nSPS) is 11.2. The second-order valence-corrected chi connectivity index (χ2v) is 7.19. The predicted octanol–water partition coefficient (Wildman–Crippen LogP) is 2.08. The fourth-order valence-corrected chi connectivity index (χ4v) is 2.58. The van der Waals surface area contributed by atoms with Gasteiger partial charge in [0.25, 0.3) is 5.69 Å². The van der Waals surface area contributed by atoms with Gasteiger partial charge < -0.3 is 42.6 Å². The number of rotatable bonds is 28. The minimum atomic E-state index is -0.480. The van der Waals surface area contributed by atoms with Gasteiger partial charge in [-0.25, -0.2) is 4.39 Å². The molecule has 12 nitrogen and oxygen atoms in total. The summed E-state index contributed by atoms with van der Waals surface area (Å²) >= 11 is 0. The van der Waals surface area contributed by atoms with Crippen molar-refractivity contribution >= 4 is 5.69 Å². The van der Waals surface area contributed by atoms with Crippen molar-refractivity contribution in [3.05, 3.63) is 34.4 Å². The summed E-state index contributed by atoms with van der Waals surface area (Å²) in [6.45, 7) is 6.78. The average molecular weight is 538 g/mol. The van der Waals surface area contributed by atoms with Crippen LogP contribution in [0.15, 0.2) is 24.3 Å². The second-order valence-electron chi connectivity index (χ2n) is 7.19. The Bertz CT molecular complexity index is 640. The van der Waals surface area contributed by atoms with Crippen molar-refractivity contribution in [3.63, 3.8) is 0 Å². The quantitative estimate of drug-likeness (QED) is 0.0886. The van der Waals surface area contributed by atoms with Gasteiger partial charge in [-0.05, 0) is 12.1 Å². The molecule has 0 aliphatic heterocycles. The van der Waals surface area contributed by atoms with E-state index in [1.165, 1.54) is 12.1 Å². The minimum Gasteiger partial charge on any atom is -0.491 e. The van der Waals surface area contributed by atoms with Crippen molar-refractivity contribution in [1.29, 1.82) is 0 Å². The zero-order valence-electron chi connectivity index (χ0n) is 21.4. The fourth-order valence-electron chi connectivity index (χ4n) is 2.58. The molecule has 0 aliphatic rings. The Labute approximate surface area is 217 Å². The number of nitro benzene ring substituents is 1. The molecule has 0 N–H and O–H groups in total. The molecular weight excluding hydrogens is 497 g/mol. The highest BCUT2D eigenvalue weighted by atomic mass is 19.1. The largest absolute Gasteiger partial charge is 0.491 e. The van der Waals surface area contributed by atoms with E-state index < -0.39 is 11.6 Å². The van der Waals surface area contributed by atoms with E-state index in [1.807, 2.05) is 0 Å². The van der Waals surface area contributed by atoms with Gasteiger partial charge in [0.15, 0.2) is 0 Å². The first-order valence-corrected chi connectivity index (χ1v) is 12.3. The fraction of sp³-hybridized carbons (Fsp3) is 0.750. The number of non-ortho nitro benzene ring substituents is 1. The summed E-state index contributed by atoms with van der Waals surface area (Å²) in [4.78, 5) is 10.1. The molecule has 0 bridgehead atoms. The number of hydrogen-bond donors (Lipinski definition) is 0. The first kappa shape index (κ1) is 33.1. The molecule has 0 saturated carbocycles. The Hall–Kier alpha value is -1.97. The van der Waals surface area contributed by atoms with Gasteiger partial charge in [-0.1, -0.05) is 0 Å². The summed E-state index contributed by atoms with van der Waals surface area (Å²) in [5.74, 6) is 0.554. The lowest BCUT2D eigenvalue weighted by Crippen LogP contribution is -2.15. The predicted molar refractivity (Wildman–Crippen MR) is 131 cm³/mol. The summed E-state index contributed by atoms with van der Waals surface area (Å²) < 4.78 is 59.8. The zero-order valence-corrected chi connectivity index (χ0v) is 21.4. The highest BCUT2D eigenvalue weighted by molar-refractivity contribution is 5.35. The molecule has 0 saturated heterocycles. The van der Waals surface area contributed by atoms with Gasteiger partial charge in [0, 0.05) is 12.1 Å². The Balaban J connectivity index is 1.69. The van der Waals surface area contributed by atoms with Gasteiger partial charge in [-0.2, -0.15) is 0 Å². The highest BCUT2D eigenvalue weighted by Crippen LogP contribution is 2.17. The lowest BCUT2D eigenvalue weighted by molar-refractivity contribution is -0.384. The topological polar surface area (TPSA) is 126 Å². The molecule has 1 aromatic carbocycles. The molecule has 0 aliphatic carbocycles. The smallest absolute Gasteiger partial charge is 0.269 e. The van der Waals surface area contributed by atoms with Crippen LogP contribution in [-0.4, -0.2) is 124 Å². The second kappa shape index (κ2) is 25.7. The van der Waals surface area contributed by atoms with Crippen LogP contribution in [0.1, 0.15) is 0 Å². The van der Waals surface area contributed by atoms with E-state index in [0.717, 1.165) is 0 Å². The Morgan fingerprint density at radius 2 is 0.811 bits per heavy atom. The van der Waals surface area contributed by atoms with Gasteiger partial charge in [-0.15, -0.1) is 0 Å². The van der Waals surface area contributed by atoms with E-state index in [1.54, 1.807) is 12.1 Å². The number of ether oxygens (including phenoxy) is 9. The minimum absolute atomic E-state index is 0.0238. The molecule has 1 aromatic rings. The average Bonchev–Trinajstić information content (AvgIpc) is 2.91. The summed E-state index contributed by atoms with van der Waals surface area (Å²) in [5.41, 5.74) is 0.0238. The summed E-state index contributed by atoms with van der Waals surface area (Å²) in [5, 5.41) is 10.6. The molecule has 214 valence electrons. The molecule has 0 heterocycles. The SMILES string of the molecule is O=[N+]([O-])c1ccc(OCCOCCOCCOCCOCCOCCOCCOCCOCCF)cc1. The van der Waals surface area contributed by atoms with Gasteiger partial charge in [0.2, 0.25) is 0 Å². The Morgan fingerprint density at radius 1 is 0.514 bits per heavy atom. The van der Waals surface area contributed by atoms with Crippen LogP contribution >= 0.6 is 0 Å². The maximum Gasteiger partial charge on any atom is 0.269 e. The van der Waals surface area contributed by atoms with Crippen LogP contribution in [0, 0.1) is 10.1 Å². The van der Waals surface area contributed by atoms with E-state index in [9.17, 15) is 14.5 Å². The van der Waals surface area contributed by atoms with Crippen LogP contribution in [-0.2, 0) is 37.9 Å². The standard InChI is InChI=1S/C24H40FNO11/c25-5-6-29-7-8-30-9-10-31-11-12-32-13-14-33-15-16-34-17-18-35-19-20-36-21-22-37-24-3-1-23(2-4-24)26(27)28/h1-4H,5-22H2. The number of nitro groups is 1. The van der Waals surface area contributed by atoms with E-state index in [4.69, 9.17) is 42.6 Å². The van der Waals surface area contributed by atoms with Crippen LogP contribution in [0.4, 0.5) is 10.1 Å². The molecule has 0 spiro atoms. The van der Waals surface area contributed by atoms with Gasteiger partial charge in [0.05, 0.1) is 111 Å². The van der Waals surface area contributed by atoms with Crippen molar-refractivity contribution in [3.8, 4) is 5.75 Å². The van der Waals surface area contributed by atoms with Crippen LogP contribution in [0.3, 0.4) is 0 Å². The maximum atomic E-state index is 11.8. The van der Waals surface area contributed by atoms with Crippen LogP contribution in [0.5, 0.6) is 5.75 Å². The lowest BCUT2D eigenvalue weighted by atomic mass is 10.3. The van der Waals surface area contributed by atoms with E-state index >= 15 is 0 Å². The highest BCUT2D eigenvalue weighted by Gasteiger charge is 2.04. The third-order valence-corrected chi connectivity index (χ3v) is 4.37. The van der Waals surface area contributed by atoms with E-state index in [0.29, 0.717) is 111 Å². The molecule has 0 unspecified atom stereocenters. The van der Waals surface area contributed by atoms with Crippen LogP contribution in [0.25, 0.3) is 0 Å². The first-order chi connectivity index (χ1) is 18.2. The molecule has 1 rings (SSSR count). The molecule has 0 aromatic heterocycles. The van der Waals surface area contributed by atoms with Crippen molar-refractivity contribution in [2.24, 2.45) is 0 Å². The van der Waals surface area contributed by atoms with Crippen molar-refractivity contribution < 1.29 is 51.9 Å². The molecule has 0 atom stereocenters. The molecule has 13 heteroatoms. The third kappa shape index (κ3) is 21.8. The summed E-state index contributed by atoms with van der Waals surface area (Å²) in [6, 6.07) is 5.89. The summed E-state index contributed by atoms with van der Waals surface area (Å²) in [6.07, 6.45) is 0. The maximum absolute atomic E-state index is 11.8. The molecule has 0 radical (unpaired) electrons. The van der Waals surface area contributed by atoms with Crippen molar-refractivity contribution in [1.82, 2.24) is 0 Å². The summed E-state index contributed by atoms with van der Waals surface area (Å²) in [7, 11) is 0.